The predicted octanol–water partition coefficient (Wildman–Crippen LogP) is 13.1. The molecule has 3 heterocycles. The zero-order chi connectivity index (χ0) is 33.5. The summed E-state index contributed by atoms with van der Waals surface area (Å²) in [5.74, 6) is 0. The lowest BCUT2D eigenvalue weighted by atomic mass is 9.98. The second kappa shape index (κ2) is 10.8. The zero-order valence-electron chi connectivity index (χ0n) is 27.6. The van der Waals surface area contributed by atoms with E-state index in [0.29, 0.717) is 0 Å². The number of hydrogen-bond donors (Lipinski definition) is 0. The minimum atomic E-state index is 0.884. The van der Waals surface area contributed by atoms with Gasteiger partial charge in [-0.3, -0.25) is 0 Å². The number of furan rings is 1. The lowest BCUT2D eigenvalue weighted by molar-refractivity contribution is 0.669. The zero-order valence-corrected chi connectivity index (χ0v) is 27.6. The van der Waals surface area contributed by atoms with Gasteiger partial charge in [-0.05, 0) is 95.1 Å². The third-order valence-corrected chi connectivity index (χ3v) is 10.5. The van der Waals surface area contributed by atoms with Crippen LogP contribution in [0.5, 0.6) is 0 Å². The summed E-state index contributed by atoms with van der Waals surface area (Å²) in [6.07, 6.45) is 0. The van der Waals surface area contributed by atoms with Gasteiger partial charge in [0.15, 0.2) is 0 Å². The summed E-state index contributed by atoms with van der Waals surface area (Å²) in [6.45, 7) is 0. The van der Waals surface area contributed by atoms with E-state index < -0.39 is 0 Å². The van der Waals surface area contributed by atoms with E-state index in [1.165, 1.54) is 65.9 Å². The van der Waals surface area contributed by atoms with Gasteiger partial charge in [0, 0.05) is 43.7 Å². The summed E-state index contributed by atoms with van der Waals surface area (Å²) in [6, 6.07) is 65.5. The maximum absolute atomic E-state index is 6.43. The van der Waals surface area contributed by atoms with Crippen molar-refractivity contribution < 1.29 is 4.42 Å². The molecule has 8 aromatic carbocycles. The normalized spacial score (nSPS) is 11.9. The lowest BCUT2D eigenvalue weighted by Crippen LogP contribution is -1.94. The van der Waals surface area contributed by atoms with Crippen molar-refractivity contribution in [3.63, 3.8) is 0 Å². The molecule has 0 N–H and O–H groups in total. The van der Waals surface area contributed by atoms with E-state index in [0.717, 1.165) is 33.3 Å². The molecule has 0 aliphatic heterocycles. The Bertz CT molecular complexity index is 3090. The van der Waals surface area contributed by atoms with Gasteiger partial charge >= 0.3 is 0 Å². The van der Waals surface area contributed by atoms with E-state index in [-0.39, 0.29) is 0 Å². The van der Waals surface area contributed by atoms with Gasteiger partial charge in [-0.1, -0.05) is 109 Å². The summed E-state index contributed by atoms with van der Waals surface area (Å²) in [5, 5.41) is 7.19. The summed E-state index contributed by atoms with van der Waals surface area (Å²) >= 11 is 0. The Morgan fingerprint density at radius 2 is 0.725 bits per heavy atom. The highest BCUT2D eigenvalue weighted by atomic mass is 16.3. The lowest BCUT2D eigenvalue weighted by Gasteiger charge is -2.10. The van der Waals surface area contributed by atoms with Crippen LogP contribution in [0.2, 0.25) is 0 Å². The van der Waals surface area contributed by atoms with E-state index in [1.807, 2.05) is 0 Å². The molecule has 0 saturated carbocycles. The summed E-state index contributed by atoms with van der Waals surface area (Å²) in [5.41, 5.74) is 13.6. The van der Waals surface area contributed by atoms with Crippen molar-refractivity contribution in [1.82, 2.24) is 9.13 Å². The van der Waals surface area contributed by atoms with Crippen molar-refractivity contribution in [1.29, 1.82) is 0 Å². The highest BCUT2D eigenvalue weighted by Crippen LogP contribution is 2.39. The van der Waals surface area contributed by atoms with E-state index in [1.54, 1.807) is 0 Å². The van der Waals surface area contributed by atoms with Gasteiger partial charge in [0.05, 0.1) is 22.1 Å². The molecule has 3 nitrogen and oxygen atoms in total. The first-order valence-electron chi connectivity index (χ1n) is 17.4. The second-order valence-corrected chi connectivity index (χ2v) is 13.4. The quantitative estimate of drug-likeness (QED) is 0.186. The molecule has 0 fully saturated rings. The minimum Gasteiger partial charge on any atom is -0.456 e. The number of nitrogens with zero attached hydrogens (tertiary/aromatic N) is 2. The van der Waals surface area contributed by atoms with Crippen molar-refractivity contribution in [3.8, 4) is 33.6 Å². The van der Waals surface area contributed by atoms with Crippen LogP contribution >= 0.6 is 0 Å². The van der Waals surface area contributed by atoms with E-state index in [2.05, 4.69) is 191 Å². The van der Waals surface area contributed by atoms with Gasteiger partial charge in [0.1, 0.15) is 11.2 Å². The number of aromatic nitrogens is 2. The van der Waals surface area contributed by atoms with Gasteiger partial charge in [0.2, 0.25) is 0 Å². The standard InChI is InChI=1S/C48H30N2O/c1-2-11-31(12-3-1)32-13-10-14-33(27-32)34-21-24-46-40(28-34)39-17-6-9-20-45(39)50(46)36-23-26-48-42(30-36)41-29-35(22-25-47(41)51-48)49-43-18-7-4-15-37(43)38-16-5-8-19-44(38)49/h1-30H. The number of rotatable bonds is 4. The topological polar surface area (TPSA) is 23.0 Å². The first-order valence-corrected chi connectivity index (χ1v) is 17.4. The molecule has 3 aromatic heterocycles. The highest BCUT2D eigenvalue weighted by molar-refractivity contribution is 6.13. The average Bonchev–Trinajstić information content (AvgIpc) is 3.85. The van der Waals surface area contributed by atoms with Crippen molar-refractivity contribution in [2.75, 3.05) is 0 Å². The molecule has 11 rings (SSSR count). The Morgan fingerprint density at radius 1 is 0.275 bits per heavy atom. The smallest absolute Gasteiger partial charge is 0.135 e. The summed E-state index contributed by atoms with van der Waals surface area (Å²) in [4.78, 5) is 0. The van der Waals surface area contributed by atoms with Crippen molar-refractivity contribution in [2.45, 2.75) is 0 Å². The first kappa shape index (κ1) is 28.0. The second-order valence-electron chi connectivity index (χ2n) is 13.4. The maximum Gasteiger partial charge on any atom is 0.135 e. The van der Waals surface area contributed by atoms with E-state index >= 15 is 0 Å². The SMILES string of the molecule is c1ccc(-c2cccc(-c3ccc4c(c3)c3ccccc3n4-c3ccc4oc5ccc(-n6c7ccccc7c7ccccc76)cc5c4c3)c2)cc1. The molecule has 3 heteroatoms. The van der Waals surface area contributed by atoms with Crippen LogP contribution in [0.1, 0.15) is 0 Å². The Hall–Kier alpha value is -6.84. The van der Waals surface area contributed by atoms with Gasteiger partial charge < -0.3 is 13.6 Å². The molecule has 0 amide bonds. The number of para-hydroxylation sites is 3. The van der Waals surface area contributed by atoms with Crippen LogP contribution in [0, 0.1) is 0 Å². The van der Waals surface area contributed by atoms with Crippen molar-refractivity contribution in [2.24, 2.45) is 0 Å². The molecule has 0 aliphatic carbocycles. The van der Waals surface area contributed by atoms with Crippen LogP contribution in [-0.2, 0) is 0 Å². The molecule has 238 valence electrons. The third kappa shape index (κ3) is 4.25. The van der Waals surface area contributed by atoms with Crippen molar-refractivity contribution >= 4 is 65.6 Å². The molecule has 0 aliphatic rings. The molecule has 0 unspecified atom stereocenters. The van der Waals surface area contributed by atoms with Crippen LogP contribution in [0.3, 0.4) is 0 Å². The molecule has 11 aromatic rings. The van der Waals surface area contributed by atoms with Crippen LogP contribution < -0.4 is 0 Å². The number of hydrogen-bond acceptors (Lipinski definition) is 1. The third-order valence-electron chi connectivity index (χ3n) is 10.5. The first-order chi connectivity index (χ1) is 25.3. The Morgan fingerprint density at radius 3 is 1.31 bits per heavy atom. The molecular weight excluding hydrogens is 621 g/mol. The van der Waals surface area contributed by atoms with Crippen LogP contribution in [-0.4, -0.2) is 9.13 Å². The fourth-order valence-electron chi connectivity index (χ4n) is 8.17. The largest absolute Gasteiger partial charge is 0.456 e. The van der Waals surface area contributed by atoms with Gasteiger partial charge in [-0.2, -0.15) is 0 Å². The highest BCUT2D eigenvalue weighted by Gasteiger charge is 2.17. The maximum atomic E-state index is 6.43. The minimum absolute atomic E-state index is 0.884. The van der Waals surface area contributed by atoms with E-state index in [9.17, 15) is 0 Å². The molecular formula is C48H30N2O. The molecule has 0 atom stereocenters. The van der Waals surface area contributed by atoms with E-state index in [4.69, 9.17) is 4.42 Å². The monoisotopic (exact) mass is 650 g/mol. The summed E-state index contributed by atoms with van der Waals surface area (Å²) in [7, 11) is 0. The Balaban J connectivity index is 1.08. The van der Waals surface area contributed by atoms with Crippen LogP contribution in [0.15, 0.2) is 186 Å². The van der Waals surface area contributed by atoms with Crippen LogP contribution in [0.4, 0.5) is 0 Å². The Kier molecular flexibility index (Phi) is 5.96. The van der Waals surface area contributed by atoms with Gasteiger partial charge in [-0.25, -0.2) is 0 Å². The molecule has 51 heavy (non-hydrogen) atoms. The average molecular weight is 651 g/mol. The number of fused-ring (bicyclic) bond motifs is 9. The summed E-state index contributed by atoms with van der Waals surface area (Å²) < 4.78 is 11.2. The van der Waals surface area contributed by atoms with Gasteiger partial charge in [-0.15, -0.1) is 0 Å². The van der Waals surface area contributed by atoms with Crippen molar-refractivity contribution in [3.05, 3.63) is 182 Å². The fraction of sp³-hybridized carbons (Fsp3) is 0. The fourth-order valence-corrected chi connectivity index (χ4v) is 8.17. The number of benzene rings is 8. The molecule has 0 saturated heterocycles. The Labute approximate surface area is 293 Å². The molecule has 0 radical (unpaired) electrons. The van der Waals surface area contributed by atoms with Gasteiger partial charge in [0.25, 0.3) is 0 Å². The van der Waals surface area contributed by atoms with Crippen LogP contribution in [0.25, 0.3) is 99.2 Å². The predicted molar refractivity (Wildman–Crippen MR) is 213 cm³/mol. The molecule has 0 bridgehead atoms. The molecule has 0 spiro atoms.